The van der Waals surface area contributed by atoms with Crippen LogP contribution in [-0.2, 0) is 11.8 Å². The van der Waals surface area contributed by atoms with Crippen LogP contribution < -0.4 is 10.9 Å². The highest BCUT2D eigenvalue weighted by molar-refractivity contribution is 5.97. The fraction of sp³-hybridized carbons (Fsp3) is 0.500. The Balaban J connectivity index is 1.80. The number of likely N-dealkylation sites (N-methyl/N-ethyl adjacent to an activating group) is 1. The molecule has 1 saturated heterocycles. The number of hydrogen-bond acceptors (Lipinski definition) is 6. The van der Waals surface area contributed by atoms with E-state index in [1.165, 1.54) is 10.9 Å². The Hall–Kier alpha value is -2.29. The number of aliphatic hydroxyl groups excluding tert-OH is 1. The Bertz CT molecular complexity index is 881. The van der Waals surface area contributed by atoms with Gasteiger partial charge in [0, 0.05) is 25.2 Å². The normalized spacial score (nSPS) is 23.9. The number of benzene rings is 1. The Morgan fingerprint density at radius 2 is 2.23 bits per heavy atom. The fourth-order valence-electron chi connectivity index (χ4n) is 3.19. The molecule has 1 fully saturated rings. The van der Waals surface area contributed by atoms with Gasteiger partial charge in [-0.15, -0.1) is 0 Å². The van der Waals surface area contributed by atoms with E-state index in [1.54, 1.807) is 25.2 Å². The summed E-state index contributed by atoms with van der Waals surface area (Å²) in [7, 11) is 3.54. The molecule has 8 heteroatoms. The molecule has 2 heterocycles. The quantitative estimate of drug-likeness (QED) is 0.780. The van der Waals surface area contributed by atoms with Crippen molar-refractivity contribution in [2.45, 2.75) is 18.5 Å². The van der Waals surface area contributed by atoms with Crippen LogP contribution >= 0.6 is 0 Å². The van der Waals surface area contributed by atoms with Crippen LogP contribution in [0.25, 0.3) is 10.9 Å². The summed E-state index contributed by atoms with van der Waals surface area (Å²) in [6.07, 6.45) is 1.45. The molecule has 0 spiro atoms. The van der Waals surface area contributed by atoms with Gasteiger partial charge in [0.25, 0.3) is 11.5 Å². The molecule has 0 radical (unpaired) electrons. The number of carbonyl (C=O) groups excluding carboxylic acids is 1. The molecular formula is C18H24N4O4. The minimum absolute atomic E-state index is 0.129. The van der Waals surface area contributed by atoms with Crippen molar-refractivity contribution in [2.75, 3.05) is 33.4 Å². The van der Waals surface area contributed by atoms with Crippen LogP contribution in [0.15, 0.2) is 29.3 Å². The Morgan fingerprint density at radius 1 is 1.46 bits per heavy atom. The highest BCUT2D eigenvalue weighted by Crippen LogP contribution is 2.21. The van der Waals surface area contributed by atoms with Crippen LogP contribution in [0.3, 0.4) is 0 Å². The maximum absolute atomic E-state index is 12.6. The van der Waals surface area contributed by atoms with E-state index in [0.29, 0.717) is 29.7 Å². The summed E-state index contributed by atoms with van der Waals surface area (Å²) >= 11 is 0. The largest absolute Gasteiger partial charge is 0.394 e. The minimum Gasteiger partial charge on any atom is -0.394 e. The molecule has 1 aromatic heterocycles. The van der Waals surface area contributed by atoms with Crippen molar-refractivity contribution in [3.8, 4) is 0 Å². The van der Waals surface area contributed by atoms with E-state index in [4.69, 9.17) is 4.74 Å². The van der Waals surface area contributed by atoms with Gasteiger partial charge < -0.3 is 19.7 Å². The van der Waals surface area contributed by atoms with Gasteiger partial charge in [0.1, 0.15) is 0 Å². The van der Waals surface area contributed by atoms with E-state index >= 15 is 0 Å². The molecule has 2 atom stereocenters. The van der Waals surface area contributed by atoms with Crippen molar-refractivity contribution in [1.82, 2.24) is 19.8 Å². The van der Waals surface area contributed by atoms with Crippen molar-refractivity contribution >= 4 is 16.8 Å². The molecule has 8 nitrogen and oxygen atoms in total. The minimum atomic E-state index is -0.665. The molecule has 140 valence electrons. The van der Waals surface area contributed by atoms with Gasteiger partial charge >= 0.3 is 0 Å². The molecule has 3 rings (SSSR count). The van der Waals surface area contributed by atoms with Crippen molar-refractivity contribution in [2.24, 2.45) is 7.05 Å². The Morgan fingerprint density at radius 3 is 2.96 bits per heavy atom. The number of nitrogens with one attached hydrogen (secondary N) is 1. The fourth-order valence-corrected chi connectivity index (χ4v) is 3.19. The number of morpholine rings is 1. The molecule has 2 N–H and O–H groups in total. The Kier molecular flexibility index (Phi) is 5.08. The van der Waals surface area contributed by atoms with Crippen LogP contribution in [0.5, 0.6) is 0 Å². The zero-order valence-corrected chi connectivity index (χ0v) is 15.2. The topological polar surface area (TPSA) is 96.7 Å². The zero-order chi connectivity index (χ0) is 18.9. The number of aryl methyl sites for hydroxylation is 1. The lowest BCUT2D eigenvalue weighted by atomic mass is 9.96. The first kappa shape index (κ1) is 18.5. The first-order valence-corrected chi connectivity index (χ1v) is 8.53. The van der Waals surface area contributed by atoms with E-state index < -0.39 is 5.54 Å². The van der Waals surface area contributed by atoms with Crippen LogP contribution in [0.4, 0.5) is 0 Å². The molecule has 1 aromatic carbocycles. The third-order valence-corrected chi connectivity index (χ3v) is 5.19. The van der Waals surface area contributed by atoms with Crippen molar-refractivity contribution < 1.29 is 14.6 Å². The van der Waals surface area contributed by atoms with Gasteiger partial charge in [0.05, 0.1) is 42.6 Å². The van der Waals surface area contributed by atoms with E-state index in [-0.39, 0.29) is 30.7 Å². The van der Waals surface area contributed by atoms with Crippen molar-refractivity contribution in [3.63, 3.8) is 0 Å². The summed E-state index contributed by atoms with van der Waals surface area (Å²) < 4.78 is 6.95. The van der Waals surface area contributed by atoms with E-state index in [0.717, 1.165) is 0 Å². The third kappa shape index (κ3) is 3.23. The molecular weight excluding hydrogens is 336 g/mol. The molecule has 0 aliphatic carbocycles. The number of ether oxygens (including phenoxy) is 1. The first-order valence-electron chi connectivity index (χ1n) is 8.53. The van der Waals surface area contributed by atoms with Crippen molar-refractivity contribution in [3.05, 3.63) is 40.4 Å². The maximum Gasteiger partial charge on any atom is 0.260 e. The number of fused-ring (bicyclic) bond motifs is 1. The monoisotopic (exact) mass is 360 g/mol. The molecule has 1 amide bonds. The molecule has 0 saturated carbocycles. The SMILES string of the molecule is C[C@@H]1COC[C@@](CO)(CNC(=O)c2ccc3ncn(C)c(=O)c3c2)N1C. The molecule has 26 heavy (non-hydrogen) atoms. The predicted molar refractivity (Wildman–Crippen MR) is 97.2 cm³/mol. The van der Waals surface area contributed by atoms with Gasteiger partial charge in [-0.1, -0.05) is 0 Å². The third-order valence-electron chi connectivity index (χ3n) is 5.19. The molecule has 2 aromatic rings. The summed E-state index contributed by atoms with van der Waals surface area (Å²) in [5.74, 6) is -0.308. The standard InChI is InChI=1S/C18H24N4O4/c1-12-7-26-10-18(9-23,22(12)3)8-19-16(24)13-4-5-15-14(6-13)17(25)21(2)11-20-15/h4-6,11-12,23H,7-10H2,1-3H3,(H,19,24)/t12-,18+/m1/s1. The number of amides is 1. The number of rotatable bonds is 4. The molecule has 0 bridgehead atoms. The van der Waals surface area contributed by atoms with Crippen LogP contribution in [0.2, 0.25) is 0 Å². The maximum atomic E-state index is 12.6. The summed E-state index contributed by atoms with van der Waals surface area (Å²) in [5, 5.41) is 13.2. The number of hydrogen-bond donors (Lipinski definition) is 2. The average molecular weight is 360 g/mol. The number of carbonyl (C=O) groups is 1. The van der Waals surface area contributed by atoms with Gasteiger partial charge in [0.15, 0.2) is 0 Å². The second-order valence-electron chi connectivity index (χ2n) is 6.93. The molecule has 1 aliphatic heterocycles. The lowest BCUT2D eigenvalue weighted by molar-refractivity contribution is -0.105. The summed E-state index contributed by atoms with van der Waals surface area (Å²) in [5.41, 5.74) is 0.0570. The zero-order valence-electron chi connectivity index (χ0n) is 15.2. The summed E-state index contributed by atoms with van der Waals surface area (Å²) in [4.78, 5) is 31.0. The van der Waals surface area contributed by atoms with Crippen LogP contribution in [0.1, 0.15) is 17.3 Å². The first-order chi connectivity index (χ1) is 12.4. The average Bonchev–Trinajstić information content (AvgIpc) is 2.66. The highest BCUT2D eigenvalue weighted by atomic mass is 16.5. The summed E-state index contributed by atoms with van der Waals surface area (Å²) in [6, 6.07) is 4.99. The van der Waals surface area contributed by atoms with E-state index in [1.807, 2.05) is 18.9 Å². The smallest absolute Gasteiger partial charge is 0.260 e. The number of aliphatic hydroxyl groups is 1. The van der Waals surface area contributed by atoms with E-state index in [9.17, 15) is 14.7 Å². The van der Waals surface area contributed by atoms with Gasteiger partial charge in [-0.2, -0.15) is 0 Å². The highest BCUT2D eigenvalue weighted by Gasteiger charge is 2.40. The number of aromatic nitrogens is 2. The van der Waals surface area contributed by atoms with Crippen LogP contribution in [-0.4, -0.2) is 70.5 Å². The predicted octanol–water partition coefficient (Wildman–Crippen LogP) is -0.255. The van der Waals surface area contributed by atoms with Crippen LogP contribution in [0, 0.1) is 0 Å². The lowest BCUT2D eigenvalue weighted by Crippen LogP contribution is -2.65. The molecule has 0 unspecified atom stereocenters. The van der Waals surface area contributed by atoms with Gasteiger partial charge in [0.2, 0.25) is 0 Å². The summed E-state index contributed by atoms with van der Waals surface area (Å²) in [6.45, 7) is 3.06. The van der Waals surface area contributed by atoms with E-state index in [2.05, 4.69) is 10.3 Å². The van der Waals surface area contributed by atoms with Gasteiger partial charge in [-0.3, -0.25) is 14.5 Å². The second-order valence-corrected chi connectivity index (χ2v) is 6.93. The second kappa shape index (κ2) is 7.14. The lowest BCUT2D eigenvalue weighted by Gasteiger charge is -2.47. The molecule has 1 aliphatic rings. The Labute approximate surface area is 151 Å². The van der Waals surface area contributed by atoms with Gasteiger partial charge in [-0.25, -0.2) is 4.98 Å². The van der Waals surface area contributed by atoms with Gasteiger partial charge in [-0.05, 0) is 32.2 Å². The van der Waals surface area contributed by atoms with Crippen molar-refractivity contribution in [1.29, 1.82) is 0 Å². The number of nitrogens with zero attached hydrogens (tertiary/aromatic N) is 3.